The van der Waals surface area contributed by atoms with Gasteiger partial charge in [0, 0.05) is 34.1 Å². The van der Waals surface area contributed by atoms with Crippen LogP contribution in [0.15, 0.2) is 243 Å². The van der Waals surface area contributed by atoms with E-state index in [1.807, 2.05) is 0 Å². The van der Waals surface area contributed by atoms with Crippen molar-refractivity contribution in [2.75, 3.05) is 9.80 Å². The normalized spacial score (nSPS) is 11.3. The minimum atomic E-state index is 1.11. The number of rotatable bonds is 8. The maximum Gasteiger partial charge on any atom is 0.0468 e. The fourth-order valence-electron chi connectivity index (χ4n) is 8.62. The molecule has 0 atom stereocenters. The molecule has 0 fully saturated rings. The van der Waals surface area contributed by atoms with E-state index in [4.69, 9.17) is 0 Å². The monoisotopic (exact) mass is 764 g/mol. The molecule has 0 amide bonds. The zero-order chi connectivity index (χ0) is 39.8. The molecule has 0 bridgehead atoms. The zero-order valence-electron chi connectivity index (χ0n) is 33.0. The number of hydrogen-bond donors (Lipinski definition) is 0. The van der Waals surface area contributed by atoms with Gasteiger partial charge in [-0.3, -0.25) is 0 Å². The molecular weight excluding hydrogens is 725 g/mol. The maximum absolute atomic E-state index is 2.36. The molecule has 0 heterocycles. The predicted molar refractivity (Wildman–Crippen MR) is 257 cm³/mol. The lowest BCUT2D eigenvalue weighted by Gasteiger charge is -2.26. The van der Waals surface area contributed by atoms with Crippen molar-refractivity contribution in [3.63, 3.8) is 0 Å². The van der Waals surface area contributed by atoms with Crippen LogP contribution in [0.3, 0.4) is 0 Å². The van der Waals surface area contributed by atoms with Crippen LogP contribution in [0.2, 0.25) is 0 Å². The van der Waals surface area contributed by atoms with Gasteiger partial charge in [0.15, 0.2) is 0 Å². The summed E-state index contributed by atoms with van der Waals surface area (Å²) >= 11 is 0. The Morgan fingerprint density at radius 2 is 0.367 bits per heavy atom. The van der Waals surface area contributed by atoms with Crippen molar-refractivity contribution in [3.8, 4) is 22.3 Å². The van der Waals surface area contributed by atoms with Gasteiger partial charge in [0.2, 0.25) is 0 Å². The van der Waals surface area contributed by atoms with Gasteiger partial charge in [0.25, 0.3) is 0 Å². The summed E-state index contributed by atoms with van der Waals surface area (Å²) in [4.78, 5) is 4.72. The lowest BCUT2D eigenvalue weighted by Crippen LogP contribution is -2.10. The van der Waals surface area contributed by atoms with Gasteiger partial charge in [0.05, 0.1) is 0 Å². The van der Waals surface area contributed by atoms with E-state index < -0.39 is 0 Å². The van der Waals surface area contributed by atoms with Crippen molar-refractivity contribution in [2.45, 2.75) is 0 Å². The van der Waals surface area contributed by atoms with E-state index in [0.29, 0.717) is 0 Å². The van der Waals surface area contributed by atoms with Gasteiger partial charge >= 0.3 is 0 Å². The minimum Gasteiger partial charge on any atom is -0.310 e. The number of anilines is 6. The molecule has 0 radical (unpaired) electrons. The van der Waals surface area contributed by atoms with Gasteiger partial charge in [-0.1, -0.05) is 170 Å². The molecule has 0 saturated carbocycles. The number of nitrogens with zero attached hydrogens (tertiary/aromatic N) is 2. The maximum atomic E-state index is 2.36. The minimum absolute atomic E-state index is 1.11. The molecule has 0 saturated heterocycles. The van der Waals surface area contributed by atoms with Crippen LogP contribution < -0.4 is 9.80 Å². The van der Waals surface area contributed by atoms with Crippen molar-refractivity contribution in [1.29, 1.82) is 0 Å². The van der Waals surface area contributed by atoms with Gasteiger partial charge in [-0.2, -0.15) is 0 Å². The number of hydrogen-bond acceptors (Lipinski definition) is 2. The fourth-order valence-corrected chi connectivity index (χ4v) is 8.62. The van der Waals surface area contributed by atoms with Gasteiger partial charge in [-0.25, -0.2) is 0 Å². The first-order valence-corrected chi connectivity index (χ1v) is 20.6. The summed E-state index contributed by atoms with van der Waals surface area (Å²) in [7, 11) is 0. The molecule has 2 heteroatoms. The predicted octanol–water partition coefficient (Wildman–Crippen LogP) is 16.6. The quantitative estimate of drug-likeness (QED) is 0.152. The van der Waals surface area contributed by atoms with Crippen LogP contribution in [0.5, 0.6) is 0 Å². The highest BCUT2D eigenvalue weighted by molar-refractivity contribution is 5.94. The highest BCUT2D eigenvalue weighted by Crippen LogP contribution is 2.40. The van der Waals surface area contributed by atoms with Crippen LogP contribution in [0.25, 0.3) is 65.3 Å². The van der Waals surface area contributed by atoms with Crippen LogP contribution in [-0.4, -0.2) is 0 Å². The zero-order valence-corrected chi connectivity index (χ0v) is 33.0. The van der Waals surface area contributed by atoms with Crippen molar-refractivity contribution in [1.82, 2.24) is 0 Å². The first-order chi connectivity index (χ1) is 29.7. The third kappa shape index (κ3) is 6.70. The number of benzene rings is 11. The summed E-state index contributed by atoms with van der Waals surface area (Å²) in [5.41, 5.74) is 11.5. The molecule has 282 valence electrons. The average Bonchev–Trinajstić information content (AvgIpc) is 3.32. The highest BCUT2D eigenvalue weighted by atomic mass is 15.1. The Kier molecular flexibility index (Phi) is 8.87. The lowest BCUT2D eigenvalue weighted by molar-refractivity contribution is 1.29. The van der Waals surface area contributed by atoms with Crippen LogP contribution in [0.4, 0.5) is 34.1 Å². The Morgan fingerprint density at radius 3 is 0.617 bits per heavy atom. The Hall–Kier alpha value is -7.94. The molecule has 0 N–H and O–H groups in total. The lowest BCUT2D eigenvalue weighted by atomic mass is 9.99. The molecular formula is C58H40N2. The molecule has 60 heavy (non-hydrogen) atoms. The summed E-state index contributed by atoms with van der Waals surface area (Å²) in [6, 6.07) is 88.0. The second-order valence-electron chi connectivity index (χ2n) is 15.5. The average molecular weight is 765 g/mol. The van der Waals surface area contributed by atoms with Gasteiger partial charge in [0.1, 0.15) is 0 Å². The topological polar surface area (TPSA) is 6.48 Å². The molecule has 0 aliphatic carbocycles. The Balaban J connectivity index is 0.890. The summed E-state index contributed by atoms with van der Waals surface area (Å²) in [6.07, 6.45) is 0. The first-order valence-electron chi connectivity index (χ1n) is 20.6. The third-order valence-corrected chi connectivity index (χ3v) is 11.8. The summed E-state index contributed by atoms with van der Waals surface area (Å²) in [5.74, 6) is 0. The Labute approximate surface area is 350 Å². The van der Waals surface area contributed by atoms with E-state index in [0.717, 1.165) is 34.1 Å². The summed E-state index contributed by atoms with van der Waals surface area (Å²) in [6.45, 7) is 0. The third-order valence-electron chi connectivity index (χ3n) is 11.8. The molecule has 11 aromatic rings. The second-order valence-corrected chi connectivity index (χ2v) is 15.5. The van der Waals surface area contributed by atoms with Crippen LogP contribution in [-0.2, 0) is 0 Å². The van der Waals surface area contributed by atoms with Crippen LogP contribution in [0, 0.1) is 0 Å². The Bertz CT molecular complexity index is 2930. The smallest absolute Gasteiger partial charge is 0.0468 e. The molecule has 11 aromatic carbocycles. The van der Waals surface area contributed by atoms with E-state index in [1.54, 1.807) is 0 Å². The van der Waals surface area contributed by atoms with Gasteiger partial charge < -0.3 is 9.80 Å². The molecule has 0 aromatic heterocycles. The van der Waals surface area contributed by atoms with Crippen molar-refractivity contribution < 1.29 is 0 Å². The Morgan fingerprint density at radius 1 is 0.167 bits per heavy atom. The van der Waals surface area contributed by atoms with Crippen molar-refractivity contribution >= 4 is 77.2 Å². The molecule has 2 nitrogen and oxygen atoms in total. The van der Waals surface area contributed by atoms with E-state index in [2.05, 4.69) is 252 Å². The van der Waals surface area contributed by atoms with Crippen LogP contribution >= 0.6 is 0 Å². The first kappa shape index (κ1) is 35.2. The molecule has 0 aliphatic heterocycles. The summed E-state index contributed by atoms with van der Waals surface area (Å²) in [5, 5.41) is 9.83. The van der Waals surface area contributed by atoms with Gasteiger partial charge in [-0.15, -0.1) is 0 Å². The standard InChI is InChI=1S/C58H40N2/c1-5-13-49-37-55(33-25-41(49)9-1)59(56-34-26-42-10-2-6-14-50(42)38-56)53-29-21-47(22-30-53)45-17-19-46(20-18-45)48-23-31-54(32-24-48)60(57-35-27-43-11-3-7-15-51(43)39-57)58-36-28-44-12-4-8-16-52(44)40-58/h1-40H. The van der Waals surface area contributed by atoms with Gasteiger partial charge in [-0.05, 0) is 138 Å². The van der Waals surface area contributed by atoms with E-state index >= 15 is 0 Å². The van der Waals surface area contributed by atoms with Crippen molar-refractivity contribution in [2.24, 2.45) is 0 Å². The molecule has 0 spiro atoms. The van der Waals surface area contributed by atoms with E-state index in [9.17, 15) is 0 Å². The van der Waals surface area contributed by atoms with E-state index in [-0.39, 0.29) is 0 Å². The number of fused-ring (bicyclic) bond motifs is 4. The van der Waals surface area contributed by atoms with E-state index in [1.165, 1.54) is 65.3 Å². The van der Waals surface area contributed by atoms with Crippen molar-refractivity contribution in [3.05, 3.63) is 243 Å². The largest absolute Gasteiger partial charge is 0.310 e. The van der Waals surface area contributed by atoms with Crippen LogP contribution in [0.1, 0.15) is 0 Å². The highest BCUT2D eigenvalue weighted by Gasteiger charge is 2.16. The summed E-state index contributed by atoms with van der Waals surface area (Å²) < 4.78 is 0. The second kappa shape index (κ2) is 15.1. The fraction of sp³-hybridized carbons (Fsp3) is 0. The SMILES string of the molecule is c1ccc2cc(N(c3ccc(-c4ccc(-c5ccc(N(c6ccc7ccccc7c6)c6ccc7ccccc7c6)cc5)cc4)cc3)c3ccc4ccccc4c3)ccc2c1. The molecule has 0 unspecified atom stereocenters. The molecule has 11 rings (SSSR count). The molecule has 0 aliphatic rings.